The van der Waals surface area contributed by atoms with Gasteiger partial charge in [0.25, 0.3) is 0 Å². The third-order valence-corrected chi connectivity index (χ3v) is 2.78. The minimum atomic E-state index is 0.487. The second kappa shape index (κ2) is 3.16. The first kappa shape index (κ1) is 9.33. The summed E-state index contributed by atoms with van der Waals surface area (Å²) in [4.78, 5) is 0. The van der Waals surface area contributed by atoms with Crippen LogP contribution in [0.25, 0.3) is 10.9 Å². The predicted molar refractivity (Wildman–Crippen MR) is 59.4 cm³/mol. The summed E-state index contributed by atoms with van der Waals surface area (Å²) in [6, 6.07) is 3.87. The number of nitrogens with zero attached hydrogens (tertiary/aromatic N) is 2. The predicted octanol–water partition coefficient (Wildman–Crippen LogP) is 1.93. The Labute approximate surface area is 89.8 Å². The number of rotatable bonds is 1. The molecule has 0 bridgehead atoms. The topological polar surface area (TPSA) is 53.1 Å². The van der Waals surface area contributed by atoms with Crippen molar-refractivity contribution >= 4 is 32.7 Å². The molecule has 5 heteroatoms. The highest BCUT2D eigenvalue weighted by molar-refractivity contribution is 9.10. The van der Waals surface area contributed by atoms with Gasteiger partial charge in [0, 0.05) is 7.05 Å². The summed E-state index contributed by atoms with van der Waals surface area (Å²) < 4.78 is 7.89. The summed E-state index contributed by atoms with van der Waals surface area (Å²) in [7, 11) is 3.47. The second-order valence-corrected chi connectivity index (χ2v) is 3.84. The van der Waals surface area contributed by atoms with Crippen molar-refractivity contribution in [3.63, 3.8) is 0 Å². The molecule has 0 atom stereocenters. The first-order valence-electron chi connectivity index (χ1n) is 4.10. The van der Waals surface area contributed by atoms with Crippen LogP contribution in [0.1, 0.15) is 0 Å². The van der Waals surface area contributed by atoms with Gasteiger partial charge in [-0.15, -0.1) is 0 Å². The van der Waals surface area contributed by atoms with E-state index in [0.29, 0.717) is 5.82 Å². The highest BCUT2D eigenvalue weighted by atomic mass is 79.9. The van der Waals surface area contributed by atoms with Crippen LogP contribution in [0.5, 0.6) is 5.75 Å². The third kappa shape index (κ3) is 1.16. The van der Waals surface area contributed by atoms with E-state index in [2.05, 4.69) is 21.0 Å². The lowest BCUT2D eigenvalue weighted by Gasteiger charge is -2.04. The van der Waals surface area contributed by atoms with Crippen molar-refractivity contribution in [3.8, 4) is 5.75 Å². The van der Waals surface area contributed by atoms with Gasteiger partial charge >= 0.3 is 0 Å². The molecule has 0 aliphatic heterocycles. The SMILES string of the molecule is COc1c(Br)ccc2c1c(N)nn2C. The highest BCUT2D eigenvalue weighted by Crippen LogP contribution is 2.36. The number of ether oxygens (including phenoxy) is 1. The largest absolute Gasteiger partial charge is 0.495 e. The summed E-state index contributed by atoms with van der Waals surface area (Å²) in [6.45, 7) is 0. The fraction of sp³-hybridized carbons (Fsp3) is 0.222. The van der Waals surface area contributed by atoms with Crippen LogP contribution in [-0.2, 0) is 7.05 Å². The molecule has 0 spiro atoms. The van der Waals surface area contributed by atoms with Gasteiger partial charge in [-0.2, -0.15) is 5.10 Å². The molecule has 1 aromatic carbocycles. The zero-order valence-corrected chi connectivity index (χ0v) is 9.50. The van der Waals surface area contributed by atoms with Crippen LogP contribution < -0.4 is 10.5 Å². The fourth-order valence-electron chi connectivity index (χ4n) is 1.53. The summed E-state index contributed by atoms with van der Waals surface area (Å²) >= 11 is 3.40. The van der Waals surface area contributed by atoms with Crippen molar-refractivity contribution in [1.29, 1.82) is 0 Å². The molecule has 0 fully saturated rings. The Morgan fingerprint density at radius 1 is 1.50 bits per heavy atom. The van der Waals surface area contributed by atoms with Crippen LogP contribution in [0.4, 0.5) is 5.82 Å². The van der Waals surface area contributed by atoms with Gasteiger partial charge in [0.05, 0.1) is 22.5 Å². The van der Waals surface area contributed by atoms with E-state index < -0.39 is 0 Å². The Bertz CT molecular complexity index is 492. The smallest absolute Gasteiger partial charge is 0.157 e. The number of hydrogen-bond donors (Lipinski definition) is 1. The maximum atomic E-state index is 5.79. The molecule has 0 unspecified atom stereocenters. The second-order valence-electron chi connectivity index (χ2n) is 2.98. The van der Waals surface area contributed by atoms with Crippen molar-refractivity contribution in [2.24, 2.45) is 7.05 Å². The molecule has 74 valence electrons. The van der Waals surface area contributed by atoms with E-state index in [1.807, 2.05) is 19.2 Å². The molecule has 1 aromatic heterocycles. The number of fused-ring (bicyclic) bond motifs is 1. The van der Waals surface area contributed by atoms with Crippen molar-refractivity contribution in [1.82, 2.24) is 9.78 Å². The minimum absolute atomic E-state index is 0.487. The average molecular weight is 256 g/mol. The fourth-order valence-corrected chi connectivity index (χ4v) is 2.02. The number of halogens is 1. The molecule has 0 saturated carbocycles. The van der Waals surface area contributed by atoms with E-state index in [9.17, 15) is 0 Å². The molecule has 0 saturated heterocycles. The number of nitrogen functional groups attached to an aromatic ring is 1. The molecule has 4 nitrogen and oxygen atoms in total. The Hall–Kier alpha value is -1.23. The van der Waals surface area contributed by atoms with E-state index in [-0.39, 0.29) is 0 Å². The van der Waals surface area contributed by atoms with E-state index in [1.165, 1.54) is 0 Å². The zero-order valence-electron chi connectivity index (χ0n) is 7.91. The van der Waals surface area contributed by atoms with Gasteiger partial charge in [-0.3, -0.25) is 4.68 Å². The van der Waals surface area contributed by atoms with Crippen LogP contribution >= 0.6 is 15.9 Å². The Balaban J connectivity index is 2.92. The maximum Gasteiger partial charge on any atom is 0.157 e. The van der Waals surface area contributed by atoms with Gasteiger partial charge in [-0.05, 0) is 28.1 Å². The van der Waals surface area contributed by atoms with Gasteiger partial charge in [-0.1, -0.05) is 0 Å². The van der Waals surface area contributed by atoms with Crippen LogP contribution in [0.15, 0.2) is 16.6 Å². The first-order valence-corrected chi connectivity index (χ1v) is 4.89. The standard InChI is InChI=1S/C9H10BrN3O/c1-13-6-4-3-5(10)8(14-2)7(6)9(11)12-13/h3-4H,1-2H3,(H2,11,12). The third-order valence-electron chi connectivity index (χ3n) is 2.15. The highest BCUT2D eigenvalue weighted by Gasteiger charge is 2.13. The number of aryl methyl sites for hydroxylation is 1. The van der Waals surface area contributed by atoms with Crippen molar-refractivity contribution in [2.75, 3.05) is 12.8 Å². The number of aromatic nitrogens is 2. The average Bonchev–Trinajstić information content (AvgIpc) is 2.43. The van der Waals surface area contributed by atoms with Crippen molar-refractivity contribution < 1.29 is 4.74 Å². The maximum absolute atomic E-state index is 5.79. The van der Waals surface area contributed by atoms with Crippen LogP contribution in [0.2, 0.25) is 0 Å². The van der Waals surface area contributed by atoms with E-state index in [1.54, 1.807) is 11.8 Å². The van der Waals surface area contributed by atoms with Crippen LogP contribution in [-0.4, -0.2) is 16.9 Å². The lowest BCUT2D eigenvalue weighted by molar-refractivity contribution is 0.417. The van der Waals surface area contributed by atoms with Gasteiger partial charge in [0.1, 0.15) is 5.75 Å². The van der Waals surface area contributed by atoms with Crippen molar-refractivity contribution in [3.05, 3.63) is 16.6 Å². The number of methoxy groups -OCH3 is 1. The molecule has 2 rings (SSSR count). The van der Waals surface area contributed by atoms with E-state index in [0.717, 1.165) is 21.1 Å². The minimum Gasteiger partial charge on any atom is -0.495 e. The molecule has 2 aromatic rings. The Morgan fingerprint density at radius 3 is 2.86 bits per heavy atom. The molecule has 14 heavy (non-hydrogen) atoms. The van der Waals surface area contributed by atoms with Crippen molar-refractivity contribution in [2.45, 2.75) is 0 Å². The van der Waals surface area contributed by atoms with E-state index in [4.69, 9.17) is 10.5 Å². The summed E-state index contributed by atoms with van der Waals surface area (Å²) in [5, 5.41) is 4.98. The van der Waals surface area contributed by atoms with Crippen LogP contribution in [0, 0.1) is 0 Å². The summed E-state index contributed by atoms with van der Waals surface area (Å²) in [6.07, 6.45) is 0. The molecule has 1 heterocycles. The quantitative estimate of drug-likeness (QED) is 0.848. The first-order chi connectivity index (χ1) is 6.65. The number of nitrogens with two attached hydrogens (primary N) is 1. The molecule has 2 N–H and O–H groups in total. The normalized spacial score (nSPS) is 10.8. The Kier molecular flexibility index (Phi) is 2.11. The number of benzene rings is 1. The molecule has 0 aliphatic carbocycles. The molecule has 0 aliphatic rings. The monoisotopic (exact) mass is 255 g/mol. The van der Waals surface area contributed by atoms with Gasteiger partial charge in [0.2, 0.25) is 0 Å². The van der Waals surface area contributed by atoms with Gasteiger partial charge in [0.15, 0.2) is 5.82 Å². The molecule has 0 radical (unpaired) electrons. The molecular formula is C9H10BrN3O. The number of hydrogen-bond acceptors (Lipinski definition) is 3. The zero-order chi connectivity index (χ0) is 10.3. The summed E-state index contributed by atoms with van der Waals surface area (Å²) in [5.41, 5.74) is 6.75. The van der Waals surface area contributed by atoms with Gasteiger partial charge < -0.3 is 10.5 Å². The lowest BCUT2D eigenvalue weighted by Crippen LogP contribution is -1.90. The molecule has 0 amide bonds. The van der Waals surface area contributed by atoms with E-state index >= 15 is 0 Å². The van der Waals surface area contributed by atoms with Gasteiger partial charge in [-0.25, -0.2) is 0 Å². The molecular weight excluding hydrogens is 246 g/mol. The van der Waals surface area contributed by atoms with Crippen LogP contribution in [0.3, 0.4) is 0 Å². The lowest BCUT2D eigenvalue weighted by atomic mass is 10.2. The number of anilines is 1. The Morgan fingerprint density at radius 2 is 2.21 bits per heavy atom. The summed E-state index contributed by atoms with van der Waals surface area (Å²) in [5.74, 6) is 1.22.